The Morgan fingerprint density at radius 3 is 2.88 bits per heavy atom. The fourth-order valence-electron chi connectivity index (χ4n) is 1.34. The van der Waals surface area contributed by atoms with Gasteiger partial charge >= 0.3 is 0 Å². The highest BCUT2D eigenvalue weighted by atomic mass is 35.5. The highest BCUT2D eigenvalue weighted by molar-refractivity contribution is 7.99. The van der Waals surface area contributed by atoms with Crippen molar-refractivity contribution < 1.29 is 4.21 Å². The van der Waals surface area contributed by atoms with Crippen LogP contribution in [-0.4, -0.2) is 20.3 Å². The van der Waals surface area contributed by atoms with Crippen LogP contribution in [0.15, 0.2) is 18.3 Å². The first-order valence-electron chi connectivity index (χ1n) is 5.15. The van der Waals surface area contributed by atoms with Gasteiger partial charge in [-0.25, -0.2) is 13.9 Å². The Kier molecular flexibility index (Phi) is 4.79. The maximum absolute atomic E-state index is 12.2. The van der Waals surface area contributed by atoms with Gasteiger partial charge in [0.15, 0.2) is 6.19 Å². The number of hydrogen-bond acceptors (Lipinski definition) is 3. The Balaban J connectivity index is 3.02. The van der Waals surface area contributed by atoms with Crippen molar-refractivity contribution in [2.45, 2.75) is 19.8 Å². The second kappa shape index (κ2) is 5.89. The third kappa shape index (κ3) is 3.91. The van der Waals surface area contributed by atoms with Crippen LogP contribution in [0.4, 0.5) is 0 Å². The Morgan fingerprint density at radius 1 is 1.71 bits per heavy atom. The molecule has 0 amide bonds. The summed E-state index contributed by atoms with van der Waals surface area (Å²) >= 11 is 5.69. The number of nitriles is 1. The van der Waals surface area contributed by atoms with Crippen molar-refractivity contribution in [3.05, 3.63) is 29.0 Å². The van der Waals surface area contributed by atoms with Gasteiger partial charge in [0, 0.05) is 17.9 Å². The average Bonchev–Trinajstić information content (AvgIpc) is 2.30. The summed E-state index contributed by atoms with van der Waals surface area (Å²) in [5.74, 6) is 0.319. The summed E-state index contributed by atoms with van der Waals surface area (Å²) in [6.45, 7) is 3.68. The molecule has 0 aliphatic rings. The third-order valence-electron chi connectivity index (χ3n) is 2.35. The molecule has 0 aliphatic carbocycles. The molecule has 0 aliphatic heterocycles. The lowest BCUT2D eigenvalue weighted by molar-refractivity contribution is 0.678. The number of aromatic nitrogens is 1. The molecule has 0 spiro atoms. The topological polar surface area (TPSA) is 65.8 Å². The van der Waals surface area contributed by atoms with E-state index in [-0.39, 0.29) is 5.92 Å². The molecule has 1 heterocycles. The zero-order valence-corrected chi connectivity index (χ0v) is 11.3. The van der Waals surface area contributed by atoms with Gasteiger partial charge in [-0.3, -0.25) is 0 Å². The van der Waals surface area contributed by atoms with E-state index >= 15 is 0 Å². The Bertz CT molecular complexity index is 527. The van der Waals surface area contributed by atoms with Gasteiger partial charge in [0.25, 0.3) is 0 Å². The molecule has 1 rings (SSSR count). The number of nitrogens with zero attached hydrogens (tertiary/aromatic N) is 2. The van der Waals surface area contributed by atoms with Crippen LogP contribution in [-0.2, 0) is 9.71 Å². The molecule has 1 unspecified atom stereocenters. The van der Waals surface area contributed by atoms with E-state index in [0.29, 0.717) is 10.9 Å². The Hall–Kier alpha value is -1.25. The molecular formula is C11H14ClN3OS. The van der Waals surface area contributed by atoms with E-state index in [2.05, 4.69) is 9.71 Å². The van der Waals surface area contributed by atoms with Gasteiger partial charge < -0.3 is 0 Å². The van der Waals surface area contributed by atoms with Gasteiger partial charge in [0.1, 0.15) is 5.15 Å². The molecule has 1 aromatic heterocycles. The molecular weight excluding hydrogens is 258 g/mol. The summed E-state index contributed by atoms with van der Waals surface area (Å²) in [6.07, 6.45) is 3.38. The van der Waals surface area contributed by atoms with E-state index in [1.165, 1.54) is 0 Å². The van der Waals surface area contributed by atoms with Gasteiger partial charge in [0.2, 0.25) is 0 Å². The molecule has 2 atom stereocenters. The minimum absolute atomic E-state index is 0.0620. The number of pyridine rings is 1. The van der Waals surface area contributed by atoms with Crippen LogP contribution in [0.2, 0.25) is 5.15 Å². The predicted molar refractivity (Wildman–Crippen MR) is 71.2 cm³/mol. The van der Waals surface area contributed by atoms with Crippen LogP contribution in [0, 0.1) is 11.5 Å². The zero-order chi connectivity index (χ0) is 12.9. The first-order valence-corrected chi connectivity index (χ1v) is 7.31. The molecule has 6 heteroatoms. The lowest BCUT2D eigenvalue weighted by Crippen LogP contribution is -2.24. The van der Waals surface area contributed by atoms with E-state index in [1.54, 1.807) is 30.7 Å². The van der Waals surface area contributed by atoms with Gasteiger partial charge in [-0.05, 0) is 17.0 Å². The lowest BCUT2D eigenvalue weighted by atomic mass is 10.1. The van der Waals surface area contributed by atoms with E-state index in [4.69, 9.17) is 16.9 Å². The van der Waals surface area contributed by atoms with Crippen molar-refractivity contribution in [3.63, 3.8) is 0 Å². The molecule has 92 valence electrons. The number of nitrogens with one attached hydrogen (secondary N) is 1. The lowest BCUT2D eigenvalue weighted by Gasteiger charge is -2.11. The average molecular weight is 272 g/mol. The van der Waals surface area contributed by atoms with Gasteiger partial charge in [-0.1, -0.05) is 31.5 Å². The normalized spacial score (nSPS) is 15.4. The second-order valence-electron chi connectivity index (χ2n) is 3.57. The van der Waals surface area contributed by atoms with Crippen LogP contribution in [0.25, 0.3) is 0 Å². The number of halogens is 1. The number of hydrogen-bond donors (Lipinski definition) is 1. The van der Waals surface area contributed by atoms with Crippen LogP contribution >= 0.6 is 11.6 Å². The maximum atomic E-state index is 12.2. The van der Waals surface area contributed by atoms with Crippen LogP contribution < -0.4 is 4.72 Å². The Labute approximate surface area is 107 Å². The molecule has 0 bridgehead atoms. The maximum Gasteiger partial charge on any atom is 0.188 e. The molecule has 0 fully saturated rings. The fraction of sp³-hybridized carbons (Fsp3) is 0.364. The van der Waals surface area contributed by atoms with E-state index in [9.17, 15) is 4.21 Å². The quantitative estimate of drug-likeness (QED) is 0.394. The minimum atomic E-state index is -2.43. The van der Waals surface area contributed by atoms with Crippen LogP contribution in [0.1, 0.15) is 25.3 Å². The summed E-state index contributed by atoms with van der Waals surface area (Å²) in [7, 11) is -2.43. The molecule has 17 heavy (non-hydrogen) atoms. The SMILES string of the molecule is CCS(=O)(=C[C@@H](C)c1ccc(Cl)nc1)NC#N. The van der Waals surface area contributed by atoms with Crippen molar-refractivity contribution in [1.29, 1.82) is 5.26 Å². The molecule has 0 saturated carbocycles. The molecule has 4 nitrogen and oxygen atoms in total. The second-order valence-corrected chi connectivity index (χ2v) is 6.46. The van der Waals surface area contributed by atoms with Crippen LogP contribution in [0.5, 0.6) is 0 Å². The highest BCUT2D eigenvalue weighted by Crippen LogP contribution is 2.14. The van der Waals surface area contributed by atoms with Crippen molar-refractivity contribution in [3.8, 4) is 6.19 Å². The number of rotatable bonds is 4. The van der Waals surface area contributed by atoms with Crippen molar-refractivity contribution in [2.75, 3.05) is 5.75 Å². The van der Waals surface area contributed by atoms with E-state index in [0.717, 1.165) is 5.56 Å². The zero-order valence-electron chi connectivity index (χ0n) is 9.68. The fourth-order valence-corrected chi connectivity index (χ4v) is 2.83. The van der Waals surface area contributed by atoms with Gasteiger partial charge in [0.05, 0.1) is 9.71 Å². The summed E-state index contributed by atoms with van der Waals surface area (Å²) in [4.78, 5) is 3.97. The highest BCUT2D eigenvalue weighted by Gasteiger charge is 2.09. The first kappa shape index (κ1) is 13.8. The summed E-state index contributed by atoms with van der Waals surface area (Å²) in [5.41, 5.74) is 0.912. The monoisotopic (exact) mass is 271 g/mol. The first-order chi connectivity index (χ1) is 8.00. The van der Waals surface area contributed by atoms with Crippen molar-refractivity contribution in [1.82, 2.24) is 9.71 Å². The summed E-state index contributed by atoms with van der Waals surface area (Å²) in [5, 5.41) is 10.6. The molecule has 0 radical (unpaired) electrons. The minimum Gasteiger partial charge on any atom is -0.249 e. The summed E-state index contributed by atoms with van der Waals surface area (Å²) < 4.78 is 14.5. The third-order valence-corrected chi connectivity index (χ3v) is 4.71. The smallest absolute Gasteiger partial charge is 0.188 e. The largest absolute Gasteiger partial charge is 0.249 e. The van der Waals surface area contributed by atoms with Crippen LogP contribution in [0.3, 0.4) is 0 Å². The van der Waals surface area contributed by atoms with Crippen molar-refractivity contribution in [2.24, 2.45) is 0 Å². The molecule has 1 N–H and O–H groups in total. The molecule has 0 saturated heterocycles. The Morgan fingerprint density at radius 2 is 2.41 bits per heavy atom. The predicted octanol–water partition coefficient (Wildman–Crippen LogP) is 1.93. The standard InChI is InChI=1S/C11H14ClN3OS/c1-3-17(16,15-8-13)7-9(2)10-4-5-11(12)14-6-10/h4-7,9H,3H2,1-2H3,(H,15,16)/t9-,17?/m1/s1. The van der Waals surface area contributed by atoms with Gasteiger partial charge in [-0.2, -0.15) is 5.26 Å². The molecule has 1 aromatic rings. The van der Waals surface area contributed by atoms with Crippen molar-refractivity contribution >= 4 is 26.7 Å². The van der Waals surface area contributed by atoms with Gasteiger partial charge in [-0.15, -0.1) is 0 Å². The van der Waals surface area contributed by atoms with E-state index < -0.39 is 9.71 Å². The molecule has 0 aromatic carbocycles. The summed E-state index contributed by atoms with van der Waals surface area (Å²) in [6, 6.07) is 3.52. The van der Waals surface area contributed by atoms with E-state index in [1.807, 2.05) is 13.0 Å².